The molecule has 6 nitrogen and oxygen atoms in total. The normalized spacial score (nSPS) is 20.7. The van der Waals surface area contributed by atoms with Crippen molar-refractivity contribution in [2.75, 3.05) is 13.7 Å². The minimum atomic E-state index is -3.00. The molecule has 2 rings (SSSR count). The molecule has 0 radical (unpaired) electrons. The van der Waals surface area contributed by atoms with Crippen LogP contribution >= 0.6 is 0 Å². The summed E-state index contributed by atoms with van der Waals surface area (Å²) in [6.07, 6.45) is 0.381. The summed E-state index contributed by atoms with van der Waals surface area (Å²) in [6.45, 7) is -0.996. The number of benzene rings is 1. The quantitative estimate of drug-likeness (QED) is 0.896. The number of likely N-dealkylation sites (tertiary alicyclic amines) is 1. The van der Waals surface area contributed by atoms with Crippen molar-refractivity contribution in [3.05, 3.63) is 23.8 Å². The van der Waals surface area contributed by atoms with E-state index in [9.17, 15) is 18.4 Å². The van der Waals surface area contributed by atoms with E-state index in [2.05, 4.69) is 4.74 Å². The van der Waals surface area contributed by atoms with Gasteiger partial charge in [-0.2, -0.15) is 8.78 Å². The number of amides is 1. The number of rotatable bonds is 5. The Morgan fingerprint density at radius 3 is 2.57 bits per heavy atom. The lowest BCUT2D eigenvalue weighted by Gasteiger charge is -2.23. The van der Waals surface area contributed by atoms with Gasteiger partial charge < -0.3 is 19.5 Å². The summed E-state index contributed by atoms with van der Waals surface area (Å²) < 4.78 is 33.9. The molecule has 1 heterocycles. The Kier molecular flexibility index (Phi) is 5.02. The van der Waals surface area contributed by atoms with Gasteiger partial charge in [0.15, 0.2) is 11.5 Å². The van der Waals surface area contributed by atoms with Crippen LogP contribution in [0.4, 0.5) is 8.78 Å². The standard InChI is InChI=1S/C15H17F2NO5/c1-8-10(14(20)21)5-6-18(8)13(19)9-3-4-11(23-15(16)17)12(7-9)22-2/h3-4,7-8,10,15H,5-6H2,1-2H3,(H,20,21). The van der Waals surface area contributed by atoms with Crippen molar-refractivity contribution < 1.29 is 33.0 Å². The SMILES string of the molecule is COc1cc(C(=O)N2CCC(C(=O)O)C2C)ccc1OC(F)F. The maximum Gasteiger partial charge on any atom is 0.387 e. The molecule has 1 aromatic rings. The summed E-state index contributed by atoms with van der Waals surface area (Å²) in [5.41, 5.74) is 0.223. The molecule has 1 aromatic carbocycles. The van der Waals surface area contributed by atoms with Crippen LogP contribution in [0.2, 0.25) is 0 Å². The molecule has 1 N–H and O–H groups in total. The molecule has 0 saturated carbocycles. The number of nitrogens with zero attached hydrogens (tertiary/aromatic N) is 1. The molecule has 2 atom stereocenters. The molecule has 1 fully saturated rings. The van der Waals surface area contributed by atoms with Gasteiger partial charge in [0, 0.05) is 18.2 Å². The molecule has 1 saturated heterocycles. The largest absolute Gasteiger partial charge is 0.493 e. The topological polar surface area (TPSA) is 76.1 Å². The van der Waals surface area contributed by atoms with Gasteiger partial charge in [-0.05, 0) is 31.5 Å². The number of carboxylic acid groups (broad SMARTS) is 1. The number of hydrogen-bond donors (Lipinski definition) is 1. The van der Waals surface area contributed by atoms with Crippen molar-refractivity contribution in [1.82, 2.24) is 4.90 Å². The Bertz CT molecular complexity index is 608. The van der Waals surface area contributed by atoms with E-state index >= 15 is 0 Å². The van der Waals surface area contributed by atoms with Crippen molar-refractivity contribution >= 4 is 11.9 Å². The second-order valence-electron chi connectivity index (χ2n) is 5.22. The van der Waals surface area contributed by atoms with Gasteiger partial charge in [0.05, 0.1) is 13.0 Å². The fourth-order valence-corrected chi connectivity index (χ4v) is 2.72. The first-order chi connectivity index (χ1) is 10.8. The summed E-state index contributed by atoms with van der Waals surface area (Å²) >= 11 is 0. The first-order valence-corrected chi connectivity index (χ1v) is 7.01. The zero-order valence-electron chi connectivity index (χ0n) is 12.7. The van der Waals surface area contributed by atoms with Crippen LogP contribution in [0.25, 0.3) is 0 Å². The number of carbonyl (C=O) groups is 2. The van der Waals surface area contributed by atoms with Crippen LogP contribution < -0.4 is 9.47 Å². The number of halogens is 2. The molecular formula is C15H17F2NO5. The van der Waals surface area contributed by atoms with Crippen molar-refractivity contribution in [2.45, 2.75) is 26.0 Å². The molecule has 1 amide bonds. The van der Waals surface area contributed by atoms with Gasteiger partial charge in [0.25, 0.3) is 5.91 Å². The second-order valence-corrected chi connectivity index (χ2v) is 5.22. The number of hydrogen-bond acceptors (Lipinski definition) is 4. The van der Waals surface area contributed by atoms with E-state index in [-0.39, 0.29) is 23.0 Å². The number of methoxy groups -OCH3 is 1. The van der Waals surface area contributed by atoms with Crippen LogP contribution in [0.5, 0.6) is 11.5 Å². The van der Waals surface area contributed by atoms with Gasteiger partial charge >= 0.3 is 12.6 Å². The number of carboxylic acids is 1. The Morgan fingerprint density at radius 2 is 2.04 bits per heavy atom. The van der Waals surface area contributed by atoms with Crippen LogP contribution in [-0.2, 0) is 4.79 Å². The van der Waals surface area contributed by atoms with Gasteiger partial charge in [0.2, 0.25) is 0 Å². The maximum absolute atomic E-state index is 12.5. The second kappa shape index (κ2) is 6.80. The highest BCUT2D eigenvalue weighted by Crippen LogP contribution is 2.32. The Morgan fingerprint density at radius 1 is 1.35 bits per heavy atom. The van der Waals surface area contributed by atoms with Gasteiger partial charge in [-0.15, -0.1) is 0 Å². The predicted molar refractivity (Wildman–Crippen MR) is 75.9 cm³/mol. The van der Waals surface area contributed by atoms with Crippen molar-refractivity contribution in [1.29, 1.82) is 0 Å². The molecule has 8 heteroatoms. The maximum atomic E-state index is 12.5. The first kappa shape index (κ1) is 17.0. The minimum Gasteiger partial charge on any atom is -0.493 e. The van der Waals surface area contributed by atoms with Crippen LogP contribution in [-0.4, -0.2) is 48.2 Å². The molecule has 0 aromatic heterocycles. The molecule has 0 spiro atoms. The molecule has 1 aliphatic rings. The Labute approximate surface area is 131 Å². The van der Waals surface area contributed by atoms with Crippen LogP contribution in [0, 0.1) is 5.92 Å². The third-order valence-corrected chi connectivity index (χ3v) is 3.96. The molecule has 1 aliphatic heterocycles. The van der Waals surface area contributed by atoms with Gasteiger partial charge in [-0.3, -0.25) is 9.59 Å². The summed E-state index contributed by atoms with van der Waals surface area (Å²) in [6, 6.07) is 3.45. The average Bonchev–Trinajstić information content (AvgIpc) is 2.88. The zero-order chi connectivity index (χ0) is 17.1. The van der Waals surface area contributed by atoms with Crippen LogP contribution in [0.3, 0.4) is 0 Å². The monoisotopic (exact) mass is 329 g/mol. The first-order valence-electron chi connectivity index (χ1n) is 7.01. The smallest absolute Gasteiger partial charge is 0.387 e. The summed E-state index contributed by atoms with van der Waals surface area (Å²) in [5, 5.41) is 9.11. The van der Waals surface area contributed by atoms with E-state index in [0.29, 0.717) is 13.0 Å². The van der Waals surface area contributed by atoms with E-state index in [1.807, 2.05) is 0 Å². The molecule has 0 bridgehead atoms. The fourth-order valence-electron chi connectivity index (χ4n) is 2.72. The fraction of sp³-hybridized carbons (Fsp3) is 0.467. The van der Waals surface area contributed by atoms with E-state index in [1.54, 1.807) is 6.92 Å². The lowest BCUT2D eigenvalue weighted by atomic mass is 10.0. The molecular weight excluding hydrogens is 312 g/mol. The average molecular weight is 329 g/mol. The molecule has 2 unspecified atom stereocenters. The number of ether oxygens (including phenoxy) is 2. The zero-order valence-corrected chi connectivity index (χ0v) is 12.7. The van der Waals surface area contributed by atoms with E-state index in [4.69, 9.17) is 9.84 Å². The van der Waals surface area contributed by atoms with Crippen LogP contribution in [0.15, 0.2) is 18.2 Å². The van der Waals surface area contributed by atoms with Crippen molar-refractivity contribution in [3.63, 3.8) is 0 Å². The number of aliphatic carboxylic acids is 1. The molecule has 23 heavy (non-hydrogen) atoms. The number of alkyl halides is 2. The summed E-state index contributed by atoms with van der Waals surface area (Å²) in [5.74, 6) is -2.08. The van der Waals surface area contributed by atoms with E-state index < -0.39 is 24.5 Å². The predicted octanol–water partition coefficient (Wildman–Crippen LogP) is 2.23. The minimum absolute atomic E-state index is 0.0118. The summed E-state index contributed by atoms with van der Waals surface area (Å²) in [7, 11) is 1.28. The number of carbonyl (C=O) groups excluding carboxylic acids is 1. The van der Waals surface area contributed by atoms with Crippen molar-refractivity contribution in [2.24, 2.45) is 5.92 Å². The Hall–Kier alpha value is -2.38. The van der Waals surface area contributed by atoms with Crippen molar-refractivity contribution in [3.8, 4) is 11.5 Å². The molecule has 0 aliphatic carbocycles. The third kappa shape index (κ3) is 3.52. The lowest BCUT2D eigenvalue weighted by molar-refractivity contribution is -0.142. The Balaban J connectivity index is 2.21. The third-order valence-electron chi connectivity index (χ3n) is 3.96. The van der Waals surface area contributed by atoms with Gasteiger partial charge in [-0.25, -0.2) is 0 Å². The van der Waals surface area contributed by atoms with Gasteiger partial charge in [-0.1, -0.05) is 0 Å². The highest BCUT2D eigenvalue weighted by molar-refractivity contribution is 5.95. The van der Waals surface area contributed by atoms with E-state index in [0.717, 1.165) is 0 Å². The summed E-state index contributed by atoms with van der Waals surface area (Å²) in [4.78, 5) is 25.1. The highest BCUT2D eigenvalue weighted by Gasteiger charge is 2.38. The molecule has 126 valence electrons. The van der Waals surface area contributed by atoms with E-state index in [1.165, 1.54) is 30.2 Å². The van der Waals surface area contributed by atoms with Crippen LogP contribution in [0.1, 0.15) is 23.7 Å². The lowest BCUT2D eigenvalue weighted by Crippen LogP contribution is -2.37. The van der Waals surface area contributed by atoms with Gasteiger partial charge in [0.1, 0.15) is 0 Å². The highest BCUT2D eigenvalue weighted by atomic mass is 19.3.